The van der Waals surface area contributed by atoms with Crippen molar-refractivity contribution in [2.75, 3.05) is 7.11 Å². The molecule has 1 aromatic heterocycles. The Morgan fingerprint density at radius 2 is 2.16 bits per heavy atom. The Balaban J connectivity index is 2.23. The molecule has 0 bridgehead atoms. The van der Waals surface area contributed by atoms with E-state index in [1.54, 1.807) is 17.9 Å². The van der Waals surface area contributed by atoms with Crippen LogP contribution in [-0.2, 0) is 13.5 Å². The Hall–Kier alpha value is -1.62. The molecule has 5 heteroatoms. The summed E-state index contributed by atoms with van der Waals surface area (Å²) in [7, 11) is 3.44. The summed E-state index contributed by atoms with van der Waals surface area (Å²) in [6.07, 6.45) is 0.300. The molecule has 0 atom stereocenters. The van der Waals surface area contributed by atoms with Crippen molar-refractivity contribution in [2.45, 2.75) is 13.3 Å². The van der Waals surface area contributed by atoms with Crippen LogP contribution in [0.2, 0.25) is 0 Å². The van der Waals surface area contributed by atoms with Gasteiger partial charge in [-0.15, -0.1) is 0 Å². The number of hydrogen-bond donors (Lipinski definition) is 0. The predicted octanol–water partition coefficient (Wildman–Crippen LogP) is 2.93. The summed E-state index contributed by atoms with van der Waals surface area (Å²) in [5, 5.41) is 4.20. The number of nitrogens with zero attached hydrogens (tertiary/aromatic N) is 2. The SMILES string of the molecule is COc1ccc(Br)c(CC(=O)c2cc(C)n(C)n2)c1. The lowest BCUT2D eigenvalue weighted by Crippen LogP contribution is -2.06. The van der Waals surface area contributed by atoms with Crippen molar-refractivity contribution in [3.63, 3.8) is 0 Å². The van der Waals surface area contributed by atoms with Crippen LogP contribution in [-0.4, -0.2) is 22.7 Å². The molecule has 0 N–H and O–H groups in total. The number of Topliss-reactive ketones (excluding diaryl/α,β-unsaturated/α-hetero) is 1. The van der Waals surface area contributed by atoms with Gasteiger partial charge in [0.05, 0.1) is 7.11 Å². The average molecular weight is 323 g/mol. The zero-order valence-corrected chi connectivity index (χ0v) is 12.7. The predicted molar refractivity (Wildman–Crippen MR) is 76.7 cm³/mol. The van der Waals surface area contributed by atoms with E-state index in [1.807, 2.05) is 32.2 Å². The third-order valence-electron chi connectivity index (χ3n) is 3.00. The molecule has 2 rings (SSSR count). The van der Waals surface area contributed by atoms with E-state index in [0.29, 0.717) is 12.1 Å². The van der Waals surface area contributed by atoms with E-state index in [4.69, 9.17) is 4.74 Å². The second-order valence-corrected chi connectivity index (χ2v) is 5.21. The monoisotopic (exact) mass is 322 g/mol. The Bertz CT molecular complexity index is 600. The minimum atomic E-state index is -0.00217. The largest absolute Gasteiger partial charge is 0.497 e. The average Bonchev–Trinajstić information content (AvgIpc) is 2.72. The molecule has 1 heterocycles. The van der Waals surface area contributed by atoms with E-state index in [1.165, 1.54) is 0 Å². The minimum absolute atomic E-state index is 0.00217. The molecule has 0 fully saturated rings. The van der Waals surface area contributed by atoms with Gasteiger partial charge in [-0.3, -0.25) is 9.48 Å². The number of carbonyl (C=O) groups is 1. The number of halogens is 1. The highest BCUT2D eigenvalue weighted by atomic mass is 79.9. The Morgan fingerprint density at radius 1 is 1.42 bits per heavy atom. The van der Waals surface area contributed by atoms with E-state index < -0.39 is 0 Å². The molecule has 100 valence electrons. The first-order valence-corrected chi connectivity index (χ1v) is 6.67. The number of rotatable bonds is 4. The highest BCUT2D eigenvalue weighted by Crippen LogP contribution is 2.23. The number of methoxy groups -OCH3 is 1. The molecule has 1 aromatic carbocycles. The minimum Gasteiger partial charge on any atom is -0.497 e. The number of ether oxygens (including phenoxy) is 1. The van der Waals surface area contributed by atoms with Crippen LogP contribution in [0.15, 0.2) is 28.7 Å². The number of benzene rings is 1. The molecule has 0 radical (unpaired) electrons. The lowest BCUT2D eigenvalue weighted by atomic mass is 10.1. The number of aromatic nitrogens is 2. The molecular weight excluding hydrogens is 308 g/mol. The van der Waals surface area contributed by atoms with E-state index in [-0.39, 0.29) is 5.78 Å². The van der Waals surface area contributed by atoms with Crippen LogP contribution >= 0.6 is 15.9 Å². The third kappa shape index (κ3) is 3.04. The van der Waals surface area contributed by atoms with Crippen LogP contribution in [0.5, 0.6) is 5.75 Å². The summed E-state index contributed by atoms with van der Waals surface area (Å²) in [6.45, 7) is 1.92. The molecule has 4 nitrogen and oxygen atoms in total. The molecule has 0 aliphatic carbocycles. The van der Waals surface area contributed by atoms with Gasteiger partial charge in [-0.25, -0.2) is 0 Å². The summed E-state index contributed by atoms with van der Waals surface area (Å²) in [6, 6.07) is 7.39. The van der Waals surface area contributed by atoms with Gasteiger partial charge in [0.1, 0.15) is 11.4 Å². The molecule has 19 heavy (non-hydrogen) atoms. The Kier molecular flexibility index (Phi) is 4.04. The molecule has 0 aliphatic heterocycles. The van der Waals surface area contributed by atoms with Crippen molar-refractivity contribution in [2.24, 2.45) is 7.05 Å². The van der Waals surface area contributed by atoms with Crippen molar-refractivity contribution < 1.29 is 9.53 Å². The van der Waals surface area contributed by atoms with E-state index in [0.717, 1.165) is 21.5 Å². The highest BCUT2D eigenvalue weighted by molar-refractivity contribution is 9.10. The Morgan fingerprint density at radius 3 is 2.74 bits per heavy atom. The van der Waals surface area contributed by atoms with Gasteiger partial charge in [0.25, 0.3) is 0 Å². The summed E-state index contributed by atoms with van der Waals surface area (Å²) >= 11 is 3.45. The quantitative estimate of drug-likeness (QED) is 0.813. The Labute approximate surface area is 120 Å². The van der Waals surface area contributed by atoms with Crippen LogP contribution in [0.3, 0.4) is 0 Å². The molecular formula is C14H15BrN2O2. The van der Waals surface area contributed by atoms with Gasteiger partial charge in [0.2, 0.25) is 0 Å². The first-order valence-electron chi connectivity index (χ1n) is 5.87. The molecule has 0 aliphatic rings. The van der Waals surface area contributed by atoms with E-state index in [9.17, 15) is 4.79 Å². The summed E-state index contributed by atoms with van der Waals surface area (Å²) in [5.41, 5.74) is 2.36. The fourth-order valence-electron chi connectivity index (χ4n) is 1.77. The fraction of sp³-hybridized carbons (Fsp3) is 0.286. The maximum absolute atomic E-state index is 12.2. The molecule has 2 aromatic rings. The summed E-state index contributed by atoms with van der Waals surface area (Å²) < 4.78 is 7.77. The highest BCUT2D eigenvalue weighted by Gasteiger charge is 2.14. The van der Waals surface area contributed by atoms with E-state index in [2.05, 4.69) is 21.0 Å². The number of carbonyl (C=O) groups excluding carboxylic acids is 1. The molecule has 0 saturated carbocycles. The number of hydrogen-bond acceptors (Lipinski definition) is 3. The van der Waals surface area contributed by atoms with Crippen LogP contribution in [0.1, 0.15) is 21.7 Å². The van der Waals surface area contributed by atoms with Crippen molar-refractivity contribution in [1.82, 2.24) is 9.78 Å². The number of aryl methyl sites for hydroxylation is 2. The van der Waals surface area contributed by atoms with Crippen LogP contribution in [0.4, 0.5) is 0 Å². The maximum atomic E-state index is 12.2. The molecule has 0 spiro atoms. The maximum Gasteiger partial charge on any atom is 0.187 e. The molecule has 0 unspecified atom stereocenters. The topological polar surface area (TPSA) is 44.1 Å². The lowest BCUT2D eigenvalue weighted by Gasteiger charge is -2.06. The van der Waals surface area contributed by atoms with Crippen molar-refractivity contribution in [3.05, 3.63) is 45.7 Å². The zero-order valence-electron chi connectivity index (χ0n) is 11.1. The van der Waals surface area contributed by atoms with E-state index >= 15 is 0 Å². The standard InChI is InChI=1S/C14H15BrN2O2/c1-9-6-13(16-17(9)2)14(18)8-10-7-11(19-3)4-5-12(10)15/h4-7H,8H2,1-3H3. The number of ketones is 1. The van der Waals surface area contributed by atoms with Gasteiger partial charge in [-0.1, -0.05) is 15.9 Å². The van der Waals surface area contributed by atoms with Gasteiger partial charge in [-0.05, 0) is 36.8 Å². The third-order valence-corrected chi connectivity index (χ3v) is 3.78. The van der Waals surface area contributed by atoms with Gasteiger partial charge >= 0.3 is 0 Å². The fourth-order valence-corrected chi connectivity index (χ4v) is 2.16. The first kappa shape index (κ1) is 13.8. The zero-order chi connectivity index (χ0) is 14.0. The molecule has 0 saturated heterocycles. The second kappa shape index (κ2) is 5.57. The van der Waals surface area contributed by atoms with Gasteiger partial charge in [0, 0.05) is 23.6 Å². The van der Waals surface area contributed by atoms with Crippen molar-refractivity contribution in [3.8, 4) is 5.75 Å². The van der Waals surface area contributed by atoms with Crippen LogP contribution in [0, 0.1) is 6.92 Å². The second-order valence-electron chi connectivity index (χ2n) is 4.35. The van der Waals surface area contributed by atoms with Gasteiger partial charge in [0.15, 0.2) is 5.78 Å². The van der Waals surface area contributed by atoms with Crippen molar-refractivity contribution in [1.29, 1.82) is 0 Å². The molecule has 0 amide bonds. The van der Waals surface area contributed by atoms with Crippen molar-refractivity contribution >= 4 is 21.7 Å². The van der Waals surface area contributed by atoms with Crippen LogP contribution in [0.25, 0.3) is 0 Å². The lowest BCUT2D eigenvalue weighted by molar-refractivity contribution is 0.0987. The summed E-state index contributed by atoms with van der Waals surface area (Å²) in [5.74, 6) is 0.737. The van der Waals surface area contributed by atoms with Gasteiger partial charge < -0.3 is 4.74 Å². The first-order chi connectivity index (χ1) is 9.01. The van der Waals surface area contributed by atoms with Crippen LogP contribution < -0.4 is 4.74 Å². The smallest absolute Gasteiger partial charge is 0.187 e. The van der Waals surface area contributed by atoms with Gasteiger partial charge in [-0.2, -0.15) is 5.10 Å². The normalized spacial score (nSPS) is 10.5. The summed E-state index contributed by atoms with van der Waals surface area (Å²) in [4.78, 5) is 12.2.